The van der Waals surface area contributed by atoms with Gasteiger partial charge in [-0.1, -0.05) is 12.1 Å². The Balaban J connectivity index is 1.69. The van der Waals surface area contributed by atoms with E-state index in [4.69, 9.17) is 4.74 Å². The molecule has 1 aromatic heterocycles. The summed E-state index contributed by atoms with van der Waals surface area (Å²) in [4.78, 5) is 29.9. The molecule has 0 saturated carbocycles. The molecule has 4 rings (SSSR count). The van der Waals surface area contributed by atoms with Crippen LogP contribution in [-0.4, -0.2) is 40.5 Å². The number of aromatic nitrogens is 1. The molecule has 2 aromatic rings. The normalized spacial score (nSPS) is 25.1. The fourth-order valence-corrected chi connectivity index (χ4v) is 3.58. The molecule has 3 heterocycles. The van der Waals surface area contributed by atoms with E-state index in [-0.39, 0.29) is 18.0 Å². The first-order valence-corrected chi connectivity index (χ1v) is 6.91. The zero-order chi connectivity index (χ0) is 13.0. The third-order valence-corrected chi connectivity index (χ3v) is 4.58. The van der Waals surface area contributed by atoms with Gasteiger partial charge < -0.3 is 9.64 Å². The SMILES string of the molecule is O=C1O[C@H]2C[C@@H]1N(C(=O)c1nc3ccccc3s1)C2. The maximum absolute atomic E-state index is 12.4. The lowest BCUT2D eigenvalue weighted by Gasteiger charge is -2.24. The Labute approximate surface area is 112 Å². The van der Waals surface area contributed by atoms with Crippen molar-refractivity contribution in [3.63, 3.8) is 0 Å². The topological polar surface area (TPSA) is 59.5 Å². The Morgan fingerprint density at radius 3 is 3.00 bits per heavy atom. The van der Waals surface area contributed by atoms with Crippen molar-refractivity contribution in [1.82, 2.24) is 9.88 Å². The van der Waals surface area contributed by atoms with E-state index in [9.17, 15) is 9.59 Å². The molecule has 2 atom stereocenters. The molecule has 0 N–H and O–H groups in total. The molecular weight excluding hydrogens is 264 g/mol. The third kappa shape index (κ3) is 1.56. The number of nitrogens with zero attached hydrogens (tertiary/aromatic N) is 2. The molecule has 19 heavy (non-hydrogen) atoms. The number of amides is 1. The first kappa shape index (κ1) is 10.9. The van der Waals surface area contributed by atoms with Crippen LogP contribution in [0.5, 0.6) is 0 Å². The standard InChI is InChI=1S/C13H10N2O3S/c16-12(15-6-7-5-9(15)13(17)18-7)11-14-8-3-1-2-4-10(8)19-11/h1-4,7,9H,5-6H2/t7-,9-/m0/s1. The molecule has 1 amide bonds. The van der Waals surface area contributed by atoms with Gasteiger partial charge in [-0.05, 0) is 12.1 Å². The molecule has 6 heteroatoms. The van der Waals surface area contributed by atoms with Gasteiger partial charge in [-0.15, -0.1) is 11.3 Å². The molecule has 0 spiro atoms. The molecule has 2 aliphatic rings. The van der Waals surface area contributed by atoms with Gasteiger partial charge in [0.1, 0.15) is 12.1 Å². The summed E-state index contributed by atoms with van der Waals surface area (Å²) in [6.07, 6.45) is 0.492. The van der Waals surface area contributed by atoms with Gasteiger partial charge in [0.25, 0.3) is 5.91 Å². The van der Waals surface area contributed by atoms with Gasteiger partial charge in [-0.2, -0.15) is 0 Å². The predicted molar refractivity (Wildman–Crippen MR) is 68.9 cm³/mol. The van der Waals surface area contributed by atoms with Gasteiger partial charge in [0, 0.05) is 6.42 Å². The summed E-state index contributed by atoms with van der Waals surface area (Å²) >= 11 is 1.37. The van der Waals surface area contributed by atoms with Crippen molar-refractivity contribution in [1.29, 1.82) is 0 Å². The molecule has 2 aliphatic heterocycles. The smallest absolute Gasteiger partial charge is 0.329 e. The van der Waals surface area contributed by atoms with Gasteiger partial charge in [0.05, 0.1) is 16.8 Å². The van der Waals surface area contributed by atoms with E-state index in [1.807, 2.05) is 24.3 Å². The molecule has 96 valence electrons. The quantitative estimate of drug-likeness (QED) is 0.738. The summed E-state index contributed by atoms with van der Waals surface area (Å²) in [6.45, 7) is 0.491. The van der Waals surface area contributed by atoms with Gasteiger partial charge >= 0.3 is 5.97 Å². The lowest BCUT2D eigenvalue weighted by atomic mass is 10.2. The Bertz CT molecular complexity index is 663. The highest BCUT2D eigenvalue weighted by atomic mass is 32.1. The van der Waals surface area contributed by atoms with Crippen molar-refractivity contribution >= 4 is 33.4 Å². The zero-order valence-corrected chi connectivity index (χ0v) is 10.7. The zero-order valence-electron chi connectivity index (χ0n) is 9.91. The van der Waals surface area contributed by atoms with Crippen LogP contribution >= 0.6 is 11.3 Å². The van der Waals surface area contributed by atoms with Gasteiger partial charge in [-0.3, -0.25) is 4.79 Å². The number of para-hydroxylation sites is 1. The molecule has 2 fully saturated rings. The predicted octanol–water partition coefficient (Wildman–Crippen LogP) is 1.44. The third-order valence-electron chi connectivity index (χ3n) is 3.56. The fraction of sp³-hybridized carbons (Fsp3) is 0.308. The number of carbonyl (C=O) groups is 2. The van der Waals surface area contributed by atoms with Crippen LogP contribution in [0, 0.1) is 0 Å². The minimum absolute atomic E-state index is 0.129. The average Bonchev–Trinajstić information content (AvgIpc) is 3.09. The Morgan fingerprint density at radius 1 is 1.42 bits per heavy atom. The molecule has 0 aliphatic carbocycles. The van der Waals surface area contributed by atoms with Gasteiger partial charge in [-0.25, -0.2) is 9.78 Å². The number of esters is 1. The summed E-state index contributed by atoms with van der Waals surface area (Å²) in [7, 11) is 0. The number of ether oxygens (including phenoxy) is 1. The monoisotopic (exact) mass is 274 g/mol. The molecule has 5 nitrogen and oxygen atoms in total. The minimum Gasteiger partial charge on any atom is -0.459 e. The van der Waals surface area contributed by atoms with Crippen LogP contribution in [0.4, 0.5) is 0 Å². The maximum atomic E-state index is 12.4. The van der Waals surface area contributed by atoms with Crippen molar-refractivity contribution in [2.45, 2.75) is 18.6 Å². The lowest BCUT2D eigenvalue weighted by molar-refractivity contribution is -0.149. The first-order chi connectivity index (χ1) is 9.22. The highest BCUT2D eigenvalue weighted by Gasteiger charge is 2.49. The Kier molecular flexibility index (Phi) is 2.17. The van der Waals surface area contributed by atoms with Gasteiger partial charge in [0.2, 0.25) is 0 Å². The Hall–Kier alpha value is -1.95. The van der Waals surface area contributed by atoms with Crippen LogP contribution in [-0.2, 0) is 9.53 Å². The molecule has 2 bridgehead atoms. The van der Waals surface area contributed by atoms with E-state index in [2.05, 4.69) is 4.98 Å². The van der Waals surface area contributed by atoms with E-state index in [1.54, 1.807) is 4.90 Å². The molecule has 0 unspecified atom stereocenters. The Morgan fingerprint density at radius 2 is 2.26 bits per heavy atom. The highest BCUT2D eigenvalue weighted by molar-refractivity contribution is 7.20. The highest BCUT2D eigenvalue weighted by Crippen LogP contribution is 2.31. The molecule has 2 saturated heterocycles. The number of hydrogen-bond acceptors (Lipinski definition) is 5. The number of fused-ring (bicyclic) bond motifs is 3. The number of carbonyl (C=O) groups excluding carboxylic acids is 2. The van der Waals surface area contributed by atoms with Crippen LogP contribution in [0.2, 0.25) is 0 Å². The molecule has 0 radical (unpaired) electrons. The van der Waals surface area contributed by atoms with Crippen molar-refractivity contribution in [3.05, 3.63) is 29.3 Å². The van der Waals surface area contributed by atoms with Crippen molar-refractivity contribution < 1.29 is 14.3 Å². The number of hydrogen-bond donors (Lipinski definition) is 0. The molecule has 1 aromatic carbocycles. The van der Waals surface area contributed by atoms with Crippen LogP contribution < -0.4 is 0 Å². The second-order valence-electron chi connectivity index (χ2n) is 4.75. The summed E-state index contributed by atoms with van der Waals surface area (Å²) in [6, 6.07) is 7.22. The van der Waals surface area contributed by atoms with Crippen LogP contribution in [0.25, 0.3) is 10.2 Å². The van der Waals surface area contributed by atoms with Crippen molar-refractivity contribution in [3.8, 4) is 0 Å². The summed E-state index contributed by atoms with van der Waals surface area (Å²) < 4.78 is 6.07. The number of benzene rings is 1. The van der Waals surface area contributed by atoms with Crippen molar-refractivity contribution in [2.24, 2.45) is 0 Å². The number of thiazole rings is 1. The van der Waals surface area contributed by atoms with E-state index in [0.717, 1.165) is 10.2 Å². The minimum atomic E-state index is -0.412. The largest absolute Gasteiger partial charge is 0.459 e. The van der Waals surface area contributed by atoms with Gasteiger partial charge in [0.15, 0.2) is 5.01 Å². The second kappa shape index (κ2) is 3.77. The second-order valence-corrected chi connectivity index (χ2v) is 5.79. The van der Waals surface area contributed by atoms with E-state index < -0.39 is 6.04 Å². The van der Waals surface area contributed by atoms with Crippen molar-refractivity contribution in [2.75, 3.05) is 6.54 Å². The first-order valence-electron chi connectivity index (χ1n) is 6.09. The van der Waals surface area contributed by atoms with E-state index in [1.165, 1.54) is 11.3 Å². The van der Waals surface area contributed by atoms with Crippen LogP contribution in [0.1, 0.15) is 16.2 Å². The van der Waals surface area contributed by atoms with E-state index >= 15 is 0 Å². The number of likely N-dealkylation sites (tertiary alicyclic amines) is 1. The van der Waals surface area contributed by atoms with Crippen LogP contribution in [0.15, 0.2) is 24.3 Å². The van der Waals surface area contributed by atoms with E-state index in [0.29, 0.717) is 18.0 Å². The average molecular weight is 274 g/mol. The molecular formula is C13H10N2O3S. The number of morpholine rings is 1. The lowest BCUT2D eigenvalue weighted by Crippen LogP contribution is -2.44. The summed E-state index contributed by atoms with van der Waals surface area (Å²) in [5, 5.41) is 0.446. The maximum Gasteiger partial charge on any atom is 0.329 e. The summed E-state index contributed by atoms with van der Waals surface area (Å²) in [5.74, 6) is -0.448. The number of rotatable bonds is 1. The summed E-state index contributed by atoms with van der Waals surface area (Å²) in [5.41, 5.74) is 0.822. The fourth-order valence-electron chi connectivity index (χ4n) is 2.66. The van der Waals surface area contributed by atoms with Crippen LogP contribution in [0.3, 0.4) is 0 Å².